The Labute approximate surface area is 116 Å². The number of hydrogen-bond acceptors (Lipinski definition) is 2. The first kappa shape index (κ1) is 15.5. The Balaban J connectivity index is 1.91. The van der Waals surface area contributed by atoms with Crippen molar-refractivity contribution in [1.29, 1.82) is 0 Å². The molecule has 1 aromatic rings. The second-order valence-corrected chi connectivity index (χ2v) is 4.93. The predicted molar refractivity (Wildman–Crippen MR) is 78.1 cm³/mol. The van der Waals surface area contributed by atoms with Gasteiger partial charge in [0.25, 0.3) is 0 Å². The quantitative estimate of drug-likeness (QED) is 0.648. The van der Waals surface area contributed by atoms with Gasteiger partial charge in [-0.15, -0.1) is 0 Å². The summed E-state index contributed by atoms with van der Waals surface area (Å²) in [6.45, 7) is 5.98. The summed E-state index contributed by atoms with van der Waals surface area (Å²) in [5.74, 6) is 0. The van der Waals surface area contributed by atoms with Crippen LogP contribution in [0.3, 0.4) is 0 Å². The lowest BCUT2D eigenvalue weighted by Gasteiger charge is -2.05. The fourth-order valence-corrected chi connectivity index (χ4v) is 1.83. The van der Waals surface area contributed by atoms with Gasteiger partial charge in [0, 0.05) is 11.6 Å². The van der Waals surface area contributed by atoms with E-state index in [0.717, 1.165) is 31.1 Å². The number of halogens is 1. The zero-order chi connectivity index (χ0) is 13.1. The van der Waals surface area contributed by atoms with Crippen molar-refractivity contribution in [2.24, 2.45) is 0 Å². The molecule has 0 aliphatic rings. The van der Waals surface area contributed by atoms with E-state index in [0.29, 0.717) is 6.61 Å². The Kier molecular flexibility index (Phi) is 8.92. The van der Waals surface area contributed by atoms with E-state index in [4.69, 9.17) is 16.3 Å². The maximum atomic E-state index is 5.82. The summed E-state index contributed by atoms with van der Waals surface area (Å²) in [6, 6.07) is 7.83. The summed E-state index contributed by atoms with van der Waals surface area (Å²) in [5, 5.41) is 4.18. The summed E-state index contributed by atoms with van der Waals surface area (Å²) >= 11 is 5.82. The molecular formula is C15H24ClNO. The Morgan fingerprint density at radius 2 is 1.83 bits per heavy atom. The molecular weight excluding hydrogens is 246 g/mol. The third-order valence-corrected chi connectivity index (χ3v) is 3.00. The molecule has 0 amide bonds. The van der Waals surface area contributed by atoms with Gasteiger partial charge in [-0.3, -0.25) is 0 Å². The molecule has 0 bridgehead atoms. The monoisotopic (exact) mass is 269 g/mol. The number of nitrogens with one attached hydrogen (secondary N) is 1. The Bertz CT molecular complexity index is 300. The standard InChI is InChI=1S/C15H24ClNO/c1-2-10-17-11-4-3-5-12-18-13-14-6-8-15(16)9-7-14/h6-9,17H,2-5,10-13H2,1H3. The largest absolute Gasteiger partial charge is 0.377 e. The molecule has 0 saturated carbocycles. The van der Waals surface area contributed by atoms with Crippen molar-refractivity contribution in [3.8, 4) is 0 Å². The topological polar surface area (TPSA) is 21.3 Å². The fraction of sp³-hybridized carbons (Fsp3) is 0.600. The van der Waals surface area contributed by atoms with Crippen LogP contribution in [0.2, 0.25) is 5.02 Å². The van der Waals surface area contributed by atoms with Crippen molar-refractivity contribution in [3.63, 3.8) is 0 Å². The maximum Gasteiger partial charge on any atom is 0.0716 e. The molecule has 0 aliphatic carbocycles. The second kappa shape index (κ2) is 10.4. The summed E-state index contributed by atoms with van der Waals surface area (Å²) < 4.78 is 5.62. The van der Waals surface area contributed by atoms with Crippen molar-refractivity contribution in [1.82, 2.24) is 5.32 Å². The molecule has 0 heterocycles. The van der Waals surface area contributed by atoms with Crippen LogP contribution in [0.4, 0.5) is 0 Å². The Hall–Kier alpha value is -0.570. The van der Waals surface area contributed by atoms with Crippen LogP contribution in [0.25, 0.3) is 0 Å². The van der Waals surface area contributed by atoms with Crippen LogP contribution in [0.1, 0.15) is 38.2 Å². The summed E-state index contributed by atoms with van der Waals surface area (Å²) in [6.07, 6.45) is 4.83. The smallest absolute Gasteiger partial charge is 0.0716 e. The lowest BCUT2D eigenvalue weighted by molar-refractivity contribution is 0.117. The number of unbranched alkanes of at least 4 members (excludes halogenated alkanes) is 2. The van der Waals surface area contributed by atoms with Crippen LogP contribution in [0.15, 0.2) is 24.3 Å². The zero-order valence-corrected chi connectivity index (χ0v) is 12.0. The summed E-state index contributed by atoms with van der Waals surface area (Å²) in [4.78, 5) is 0. The van der Waals surface area contributed by atoms with E-state index < -0.39 is 0 Å². The molecule has 1 aromatic carbocycles. The molecule has 0 saturated heterocycles. The fourth-order valence-electron chi connectivity index (χ4n) is 1.70. The van der Waals surface area contributed by atoms with Gasteiger partial charge in [-0.2, -0.15) is 0 Å². The van der Waals surface area contributed by atoms with Gasteiger partial charge in [-0.05, 0) is 56.5 Å². The van der Waals surface area contributed by atoms with Gasteiger partial charge in [-0.25, -0.2) is 0 Å². The number of benzene rings is 1. The summed E-state index contributed by atoms with van der Waals surface area (Å²) in [5.41, 5.74) is 1.18. The molecule has 0 aromatic heterocycles. The molecule has 0 spiro atoms. The molecule has 1 N–H and O–H groups in total. The minimum atomic E-state index is 0.686. The normalized spacial score (nSPS) is 10.8. The van der Waals surface area contributed by atoms with Crippen molar-refractivity contribution in [3.05, 3.63) is 34.9 Å². The van der Waals surface area contributed by atoms with Crippen LogP contribution < -0.4 is 5.32 Å². The third-order valence-electron chi connectivity index (χ3n) is 2.75. The SMILES string of the molecule is CCCNCCCCCOCc1ccc(Cl)cc1. The molecule has 0 aliphatic heterocycles. The van der Waals surface area contributed by atoms with Crippen LogP contribution >= 0.6 is 11.6 Å². The first-order chi connectivity index (χ1) is 8.83. The highest BCUT2D eigenvalue weighted by Crippen LogP contribution is 2.10. The highest BCUT2D eigenvalue weighted by atomic mass is 35.5. The van der Waals surface area contributed by atoms with E-state index in [1.807, 2.05) is 24.3 Å². The molecule has 102 valence electrons. The predicted octanol–water partition coefficient (Wildman–Crippen LogP) is 4.03. The maximum absolute atomic E-state index is 5.82. The first-order valence-corrected chi connectivity index (χ1v) is 7.23. The van der Waals surface area contributed by atoms with Crippen molar-refractivity contribution < 1.29 is 4.74 Å². The molecule has 18 heavy (non-hydrogen) atoms. The van der Waals surface area contributed by atoms with Gasteiger partial charge in [0.05, 0.1) is 6.61 Å². The van der Waals surface area contributed by atoms with Gasteiger partial charge in [0.2, 0.25) is 0 Å². The highest BCUT2D eigenvalue weighted by molar-refractivity contribution is 6.30. The number of rotatable bonds is 10. The molecule has 3 heteroatoms. The van der Waals surface area contributed by atoms with E-state index in [1.54, 1.807) is 0 Å². The lowest BCUT2D eigenvalue weighted by Crippen LogP contribution is -2.15. The zero-order valence-electron chi connectivity index (χ0n) is 11.3. The van der Waals surface area contributed by atoms with E-state index in [9.17, 15) is 0 Å². The molecule has 0 unspecified atom stereocenters. The van der Waals surface area contributed by atoms with E-state index >= 15 is 0 Å². The number of ether oxygens (including phenoxy) is 1. The van der Waals surface area contributed by atoms with Gasteiger partial charge in [0.1, 0.15) is 0 Å². The van der Waals surface area contributed by atoms with Crippen LogP contribution in [0, 0.1) is 0 Å². The van der Waals surface area contributed by atoms with E-state index in [2.05, 4.69) is 12.2 Å². The van der Waals surface area contributed by atoms with Crippen LogP contribution in [-0.4, -0.2) is 19.7 Å². The van der Waals surface area contributed by atoms with Gasteiger partial charge in [0.15, 0.2) is 0 Å². The highest BCUT2D eigenvalue weighted by Gasteiger charge is 1.94. The second-order valence-electron chi connectivity index (χ2n) is 4.49. The minimum Gasteiger partial charge on any atom is -0.377 e. The molecule has 0 radical (unpaired) electrons. The molecule has 0 atom stereocenters. The van der Waals surface area contributed by atoms with Gasteiger partial charge in [-0.1, -0.05) is 30.7 Å². The molecule has 0 fully saturated rings. The van der Waals surface area contributed by atoms with Crippen molar-refractivity contribution in [2.75, 3.05) is 19.7 Å². The Morgan fingerprint density at radius 3 is 2.56 bits per heavy atom. The van der Waals surface area contributed by atoms with Crippen molar-refractivity contribution in [2.45, 2.75) is 39.2 Å². The molecule has 1 rings (SSSR count). The van der Waals surface area contributed by atoms with Gasteiger partial charge < -0.3 is 10.1 Å². The lowest BCUT2D eigenvalue weighted by atomic mass is 10.2. The Morgan fingerprint density at radius 1 is 1.06 bits per heavy atom. The minimum absolute atomic E-state index is 0.686. The third kappa shape index (κ3) is 7.70. The van der Waals surface area contributed by atoms with E-state index in [1.165, 1.54) is 24.8 Å². The summed E-state index contributed by atoms with van der Waals surface area (Å²) in [7, 11) is 0. The van der Waals surface area contributed by atoms with Gasteiger partial charge >= 0.3 is 0 Å². The molecule has 2 nitrogen and oxygen atoms in total. The average molecular weight is 270 g/mol. The average Bonchev–Trinajstić information content (AvgIpc) is 2.39. The van der Waals surface area contributed by atoms with E-state index in [-0.39, 0.29) is 0 Å². The van der Waals surface area contributed by atoms with Crippen molar-refractivity contribution >= 4 is 11.6 Å². The first-order valence-electron chi connectivity index (χ1n) is 6.86. The van der Waals surface area contributed by atoms with Crippen LogP contribution in [0.5, 0.6) is 0 Å². The number of hydrogen-bond donors (Lipinski definition) is 1. The van der Waals surface area contributed by atoms with Crippen LogP contribution in [-0.2, 0) is 11.3 Å².